The molecule has 0 aliphatic rings. The van der Waals surface area contributed by atoms with Crippen molar-refractivity contribution in [1.29, 1.82) is 0 Å². The second-order valence-corrected chi connectivity index (χ2v) is 14.5. The van der Waals surface area contributed by atoms with Crippen molar-refractivity contribution in [1.82, 2.24) is 16.0 Å². The first kappa shape index (κ1) is 32.1. The first-order valence-corrected chi connectivity index (χ1v) is 12.9. The van der Waals surface area contributed by atoms with Crippen LogP contribution in [0.3, 0.4) is 0 Å². The third kappa shape index (κ3) is 12.8. The maximum absolute atomic E-state index is 13.3. The van der Waals surface area contributed by atoms with E-state index in [4.69, 9.17) is 0 Å². The SMILES string of the molecule is C=C(CC(C)(C)C)NC(=O)c1cc(C(=O)NC(=C)CC(C)(C)C)cc(C(=O)NC(C)(C)CC(C)(C)C)c1. The predicted octanol–water partition coefficient (Wildman–Crippen LogP) is 6.99. The molecule has 3 N–H and O–H groups in total. The Hall–Kier alpha value is -2.89. The Morgan fingerprint density at radius 1 is 0.595 bits per heavy atom. The van der Waals surface area contributed by atoms with Gasteiger partial charge in [-0.1, -0.05) is 75.5 Å². The predicted molar refractivity (Wildman–Crippen MR) is 153 cm³/mol. The maximum atomic E-state index is 13.3. The van der Waals surface area contributed by atoms with Gasteiger partial charge in [-0.15, -0.1) is 0 Å². The third-order valence-electron chi connectivity index (χ3n) is 5.21. The Balaban J connectivity index is 3.35. The fraction of sp³-hybridized carbons (Fsp3) is 0.581. The molecule has 0 radical (unpaired) electrons. The third-order valence-corrected chi connectivity index (χ3v) is 5.21. The second-order valence-electron chi connectivity index (χ2n) is 14.5. The van der Waals surface area contributed by atoms with Gasteiger partial charge in [0.05, 0.1) is 0 Å². The van der Waals surface area contributed by atoms with Crippen molar-refractivity contribution in [2.45, 2.75) is 101 Å². The van der Waals surface area contributed by atoms with Gasteiger partial charge in [0.25, 0.3) is 17.7 Å². The summed E-state index contributed by atoms with van der Waals surface area (Å²) in [5, 5.41) is 8.71. The number of allylic oxidation sites excluding steroid dienone is 2. The largest absolute Gasteiger partial charge is 0.347 e. The highest BCUT2D eigenvalue weighted by Gasteiger charge is 2.28. The molecule has 6 heteroatoms. The number of amides is 3. The molecule has 0 bridgehead atoms. The lowest BCUT2D eigenvalue weighted by Gasteiger charge is -2.33. The molecule has 1 aromatic carbocycles. The van der Waals surface area contributed by atoms with E-state index in [2.05, 4.69) is 91.4 Å². The summed E-state index contributed by atoms with van der Waals surface area (Å²) >= 11 is 0. The molecule has 37 heavy (non-hydrogen) atoms. The van der Waals surface area contributed by atoms with Gasteiger partial charge < -0.3 is 16.0 Å². The van der Waals surface area contributed by atoms with E-state index in [9.17, 15) is 14.4 Å². The number of hydrogen-bond acceptors (Lipinski definition) is 3. The van der Waals surface area contributed by atoms with Crippen LogP contribution in [0, 0.1) is 16.2 Å². The van der Waals surface area contributed by atoms with Gasteiger partial charge in [-0.25, -0.2) is 0 Å². The summed E-state index contributed by atoms with van der Waals surface area (Å²) < 4.78 is 0. The van der Waals surface area contributed by atoms with Crippen LogP contribution >= 0.6 is 0 Å². The van der Waals surface area contributed by atoms with Crippen LogP contribution in [0.2, 0.25) is 0 Å². The van der Waals surface area contributed by atoms with Gasteiger partial charge >= 0.3 is 0 Å². The summed E-state index contributed by atoms with van der Waals surface area (Å²) in [6.45, 7) is 30.6. The van der Waals surface area contributed by atoms with E-state index in [0.29, 0.717) is 24.2 Å². The monoisotopic (exact) mass is 511 g/mol. The molecule has 0 unspecified atom stereocenters. The van der Waals surface area contributed by atoms with Crippen molar-refractivity contribution in [2.75, 3.05) is 0 Å². The number of carbonyl (C=O) groups excluding carboxylic acids is 3. The molecule has 0 atom stereocenters. The number of benzene rings is 1. The number of rotatable bonds is 9. The van der Waals surface area contributed by atoms with Crippen molar-refractivity contribution in [2.24, 2.45) is 16.2 Å². The molecule has 3 amide bonds. The van der Waals surface area contributed by atoms with E-state index < -0.39 is 17.4 Å². The number of nitrogens with one attached hydrogen (secondary N) is 3. The average Bonchev–Trinajstić information content (AvgIpc) is 2.61. The molecule has 0 fully saturated rings. The van der Waals surface area contributed by atoms with Gasteiger partial charge in [-0.2, -0.15) is 0 Å². The molecule has 0 saturated carbocycles. The minimum absolute atomic E-state index is 0.00436. The summed E-state index contributed by atoms with van der Waals surface area (Å²) in [7, 11) is 0. The molecule has 0 saturated heterocycles. The van der Waals surface area contributed by atoms with Crippen molar-refractivity contribution < 1.29 is 14.4 Å². The molecule has 1 rings (SSSR count). The zero-order chi connectivity index (χ0) is 29.0. The summed E-state index contributed by atoms with van der Waals surface area (Å²) in [6.07, 6.45) is 1.94. The average molecular weight is 512 g/mol. The van der Waals surface area contributed by atoms with Crippen molar-refractivity contribution >= 4 is 17.7 Å². The van der Waals surface area contributed by atoms with Crippen molar-refractivity contribution in [3.63, 3.8) is 0 Å². The molecule has 0 aromatic heterocycles. The van der Waals surface area contributed by atoms with Gasteiger partial charge in [-0.05, 0) is 67.6 Å². The maximum Gasteiger partial charge on any atom is 0.255 e. The lowest BCUT2D eigenvalue weighted by Crippen LogP contribution is -2.46. The van der Waals surface area contributed by atoms with E-state index in [1.54, 1.807) is 0 Å². The topological polar surface area (TPSA) is 87.3 Å². The molecular weight excluding hydrogens is 462 g/mol. The van der Waals surface area contributed by atoms with Crippen LogP contribution in [0.4, 0.5) is 0 Å². The van der Waals surface area contributed by atoms with Gasteiger partial charge in [-0.3, -0.25) is 14.4 Å². The van der Waals surface area contributed by atoms with Gasteiger partial charge in [0.1, 0.15) is 0 Å². The molecule has 6 nitrogen and oxygen atoms in total. The Morgan fingerprint density at radius 2 is 0.919 bits per heavy atom. The molecular formula is C31H49N3O3. The Bertz CT molecular complexity index is 985. The van der Waals surface area contributed by atoms with Crippen LogP contribution in [0.15, 0.2) is 42.8 Å². The lowest BCUT2D eigenvalue weighted by molar-refractivity contribution is 0.0891. The van der Waals surface area contributed by atoms with Crippen LogP contribution in [-0.2, 0) is 0 Å². The highest BCUT2D eigenvalue weighted by Crippen LogP contribution is 2.27. The van der Waals surface area contributed by atoms with Crippen LogP contribution < -0.4 is 16.0 Å². The molecule has 0 aliphatic carbocycles. The zero-order valence-electron chi connectivity index (χ0n) is 25.0. The van der Waals surface area contributed by atoms with Gasteiger partial charge in [0.15, 0.2) is 0 Å². The molecule has 206 valence electrons. The number of carbonyl (C=O) groups is 3. The lowest BCUT2D eigenvalue weighted by atomic mass is 9.81. The standard InChI is InChI=1S/C31H49N3O3/c1-20(17-28(3,4)5)32-25(35)22-14-23(26(36)33-21(2)18-29(6,7)8)16-24(15-22)27(37)34-31(12,13)19-30(9,10)11/h14-16H,1-2,17-19H2,3-13H3,(H,32,35)(H,33,36)(H,34,37). The Kier molecular flexibility index (Phi) is 10.1. The van der Waals surface area contributed by atoms with E-state index >= 15 is 0 Å². The number of hydrogen-bond donors (Lipinski definition) is 3. The van der Waals surface area contributed by atoms with Crippen molar-refractivity contribution in [3.05, 3.63) is 59.4 Å². The fourth-order valence-electron chi connectivity index (χ4n) is 4.60. The fourth-order valence-corrected chi connectivity index (χ4v) is 4.60. The van der Waals surface area contributed by atoms with E-state index in [-0.39, 0.29) is 38.8 Å². The van der Waals surface area contributed by atoms with Crippen LogP contribution in [0.5, 0.6) is 0 Å². The smallest absolute Gasteiger partial charge is 0.255 e. The van der Waals surface area contributed by atoms with Gasteiger partial charge in [0.2, 0.25) is 0 Å². The van der Waals surface area contributed by atoms with E-state index in [1.165, 1.54) is 18.2 Å². The first-order valence-electron chi connectivity index (χ1n) is 12.9. The van der Waals surface area contributed by atoms with E-state index in [1.807, 2.05) is 13.8 Å². The summed E-state index contributed by atoms with van der Waals surface area (Å²) in [6, 6.07) is 4.53. The highest BCUT2D eigenvalue weighted by molar-refractivity contribution is 6.05. The normalized spacial score (nSPS) is 12.5. The minimum atomic E-state index is -0.488. The van der Waals surface area contributed by atoms with E-state index in [0.717, 1.165) is 6.42 Å². The quantitative estimate of drug-likeness (QED) is 0.334. The molecule has 0 heterocycles. The zero-order valence-corrected chi connectivity index (χ0v) is 25.0. The first-order chi connectivity index (χ1) is 16.5. The van der Waals surface area contributed by atoms with Crippen LogP contribution in [0.25, 0.3) is 0 Å². The highest BCUT2D eigenvalue weighted by atomic mass is 16.2. The Morgan fingerprint density at radius 3 is 1.22 bits per heavy atom. The molecule has 1 aromatic rings. The van der Waals surface area contributed by atoms with Crippen molar-refractivity contribution in [3.8, 4) is 0 Å². The van der Waals surface area contributed by atoms with Gasteiger partial charge in [0, 0.05) is 33.6 Å². The molecule has 0 aliphatic heterocycles. The van der Waals surface area contributed by atoms with Crippen LogP contribution in [-0.4, -0.2) is 23.3 Å². The summed E-state index contributed by atoms with van der Waals surface area (Å²) in [5.41, 5.74) is 1.22. The summed E-state index contributed by atoms with van der Waals surface area (Å²) in [5.74, 6) is -1.18. The second kappa shape index (κ2) is 11.7. The summed E-state index contributed by atoms with van der Waals surface area (Å²) in [4.78, 5) is 39.5. The van der Waals surface area contributed by atoms with Crippen LogP contribution in [0.1, 0.15) is 126 Å². The Labute approximate surface area is 224 Å². The minimum Gasteiger partial charge on any atom is -0.347 e. The molecule has 0 spiro atoms.